The molecule has 2 aromatic rings. The standard InChI is InChI=1S/C13H13F2N3O2/c1-18-8(5-7-17-18)4-6-16-10-3-2-9(13(19)20)11(14)12(10)15/h2-3,5,7,16H,4,6H2,1H3,(H,19,20). The van der Waals surface area contributed by atoms with Gasteiger partial charge in [-0.15, -0.1) is 0 Å². The number of hydrogen-bond acceptors (Lipinski definition) is 3. The number of halogens is 2. The topological polar surface area (TPSA) is 67.2 Å². The molecule has 106 valence electrons. The summed E-state index contributed by atoms with van der Waals surface area (Å²) in [7, 11) is 1.79. The van der Waals surface area contributed by atoms with Crippen molar-refractivity contribution >= 4 is 11.7 Å². The molecule has 0 fully saturated rings. The normalized spacial score (nSPS) is 10.6. The Morgan fingerprint density at radius 3 is 2.70 bits per heavy atom. The van der Waals surface area contributed by atoms with Gasteiger partial charge >= 0.3 is 5.97 Å². The summed E-state index contributed by atoms with van der Waals surface area (Å²) in [4.78, 5) is 10.7. The first kappa shape index (κ1) is 14.0. The van der Waals surface area contributed by atoms with E-state index in [0.29, 0.717) is 13.0 Å². The first-order valence-electron chi connectivity index (χ1n) is 5.92. The number of carboxylic acids is 1. The predicted octanol–water partition coefficient (Wildman–Crippen LogP) is 2.05. The molecule has 1 aromatic heterocycles. The number of anilines is 1. The van der Waals surface area contributed by atoms with E-state index in [1.807, 2.05) is 6.07 Å². The molecule has 20 heavy (non-hydrogen) atoms. The van der Waals surface area contributed by atoms with Gasteiger partial charge in [0.1, 0.15) is 0 Å². The fraction of sp³-hybridized carbons (Fsp3) is 0.231. The van der Waals surface area contributed by atoms with Crippen LogP contribution in [-0.4, -0.2) is 27.4 Å². The second kappa shape index (κ2) is 5.68. The Morgan fingerprint density at radius 1 is 1.35 bits per heavy atom. The van der Waals surface area contributed by atoms with E-state index in [0.717, 1.165) is 11.8 Å². The molecule has 2 rings (SSSR count). The highest BCUT2D eigenvalue weighted by atomic mass is 19.2. The van der Waals surface area contributed by atoms with Gasteiger partial charge in [-0.05, 0) is 18.2 Å². The summed E-state index contributed by atoms with van der Waals surface area (Å²) in [6, 6.07) is 4.07. The number of rotatable bonds is 5. The number of hydrogen-bond donors (Lipinski definition) is 2. The zero-order valence-electron chi connectivity index (χ0n) is 10.7. The smallest absolute Gasteiger partial charge is 0.338 e. The van der Waals surface area contributed by atoms with Gasteiger partial charge in [-0.2, -0.15) is 5.10 Å². The Hall–Kier alpha value is -2.44. The van der Waals surface area contributed by atoms with Crippen molar-refractivity contribution in [2.24, 2.45) is 7.05 Å². The Bertz CT molecular complexity index is 641. The number of aryl methyl sites for hydroxylation is 1. The average Bonchev–Trinajstić information content (AvgIpc) is 2.80. The van der Waals surface area contributed by atoms with Gasteiger partial charge in [-0.25, -0.2) is 13.6 Å². The van der Waals surface area contributed by atoms with Crippen molar-refractivity contribution in [1.82, 2.24) is 9.78 Å². The number of benzene rings is 1. The average molecular weight is 281 g/mol. The maximum absolute atomic E-state index is 13.6. The minimum Gasteiger partial charge on any atom is -0.478 e. The van der Waals surface area contributed by atoms with Crippen LogP contribution in [0.2, 0.25) is 0 Å². The Kier molecular flexibility index (Phi) is 3.97. The first-order chi connectivity index (χ1) is 9.50. The fourth-order valence-corrected chi connectivity index (χ4v) is 1.82. The van der Waals surface area contributed by atoms with E-state index < -0.39 is 23.2 Å². The third kappa shape index (κ3) is 2.76. The third-order valence-corrected chi connectivity index (χ3v) is 2.93. The van der Waals surface area contributed by atoms with E-state index in [2.05, 4.69) is 10.4 Å². The van der Waals surface area contributed by atoms with Gasteiger partial charge in [-0.3, -0.25) is 4.68 Å². The summed E-state index contributed by atoms with van der Waals surface area (Å²) in [5.41, 5.74) is 0.204. The van der Waals surface area contributed by atoms with Crippen LogP contribution < -0.4 is 5.32 Å². The van der Waals surface area contributed by atoms with Crippen LogP contribution in [0.15, 0.2) is 24.4 Å². The van der Waals surface area contributed by atoms with Crippen LogP contribution in [0.25, 0.3) is 0 Å². The van der Waals surface area contributed by atoms with Crippen LogP contribution in [0.5, 0.6) is 0 Å². The summed E-state index contributed by atoms with van der Waals surface area (Å²) in [6.07, 6.45) is 2.23. The van der Waals surface area contributed by atoms with Crippen molar-refractivity contribution in [3.63, 3.8) is 0 Å². The molecule has 0 radical (unpaired) electrons. The zero-order chi connectivity index (χ0) is 14.7. The molecule has 0 bridgehead atoms. The quantitative estimate of drug-likeness (QED) is 0.880. The van der Waals surface area contributed by atoms with Gasteiger partial charge in [-0.1, -0.05) is 0 Å². The van der Waals surface area contributed by atoms with Gasteiger partial charge < -0.3 is 10.4 Å². The number of aromatic carboxylic acids is 1. The lowest BCUT2D eigenvalue weighted by Crippen LogP contribution is -2.11. The van der Waals surface area contributed by atoms with Crippen molar-refractivity contribution < 1.29 is 18.7 Å². The summed E-state index contributed by atoms with van der Waals surface area (Å²) >= 11 is 0. The van der Waals surface area contributed by atoms with Gasteiger partial charge in [0.2, 0.25) is 0 Å². The van der Waals surface area contributed by atoms with Crippen LogP contribution in [0.4, 0.5) is 14.5 Å². The molecule has 0 spiro atoms. The minimum absolute atomic E-state index is 0.0605. The monoisotopic (exact) mass is 281 g/mol. The maximum Gasteiger partial charge on any atom is 0.338 e. The van der Waals surface area contributed by atoms with Crippen LogP contribution in [0.3, 0.4) is 0 Å². The lowest BCUT2D eigenvalue weighted by atomic mass is 10.1. The second-order valence-electron chi connectivity index (χ2n) is 4.22. The van der Waals surface area contributed by atoms with Gasteiger partial charge in [0.15, 0.2) is 11.6 Å². The number of nitrogens with zero attached hydrogens (tertiary/aromatic N) is 2. The number of aromatic nitrogens is 2. The molecule has 5 nitrogen and oxygen atoms in total. The Balaban J connectivity index is 2.05. The highest BCUT2D eigenvalue weighted by molar-refractivity contribution is 5.88. The predicted molar refractivity (Wildman–Crippen MR) is 68.7 cm³/mol. The lowest BCUT2D eigenvalue weighted by Gasteiger charge is -2.09. The highest BCUT2D eigenvalue weighted by Gasteiger charge is 2.17. The molecule has 0 aliphatic rings. The Labute approximate surface area is 113 Å². The number of carbonyl (C=O) groups is 1. The number of carboxylic acid groups (broad SMARTS) is 1. The first-order valence-corrected chi connectivity index (χ1v) is 5.92. The molecule has 7 heteroatoms. The molecular formula is C13H13F2N3O2. The Morgan fingerprint density at radius 2 is 2.10 bits per heavy atom. The molecule has 0 amide bonds. The van der Waals surface area contributed by atoms with Crippen molar-refractivity contribution in [2.75, 3.05) is 11.9 Å². The largest absolute Gasteiger partial charge is 0.478 e. The zero-order valence-corrected chi connectivity index (χ0v) is 10.7. The number of nitrogens with one attached hydrogen (secondary N) is 1. The molecule has 0 saturated heterocycles. The molecular weight excluding hydrogens is 268 g/mol. The fourth-order valence-electron chi connectivity index (χ4n) is 1.82. The van der Waals surface area contributed by atoms with Crippen LogP contribution in [0.1, 0.15) is 16.1 Å². The molecule has 0 saturated carbocycles. The van der Waals surface area contributed by atoms with E-state index in [9.17, 15) is 13.6 Å². The van der Waals surface area contributed by atoms with Crippen molar-refractivity contribution in [3.05, 3.63) is 47.3 Å². The lowest BCUT2D eigenvalue weighted by molar-refractivity contribution is 0.0690. The minimum atomic E-state index is -1.50. The molecule has 0 atom stereocenters. The molecule has 1 aromatic carbocycles. The van der Waals surface area contributed by atoms with Crippen molar-refractivity contribution in [2.45, 2.75) is 6.42 Å². The molecule has 0 aliphatic carbocycles. The molecule has 1 heterocycles. The van der Waals surface area contributed by atoms with Crippen LogP contribution >= 0.6 is 0 Å². The second-order valence-corrected chi connectivity index (χ2v) is 4.22. The van der Waals surface area contributed by atoms with E-state index in [4.69, 9.17) is 5.11 Å². The summed E-state index contributed by atoms with van der Waals surface area (Å²) < 4.78 is 28.8. The van der Waals surface area contributed by atoms with Crippen LogP contribution in [-0.2, 0) is 13.5 Å². The van der Waals surface area contributed by atoms with E-state index in [1.54, 1.807) is 17.9 Å². The van der Waals surface area contributed by atoms with Gasteiger partial charge in [0.25, 0.3) is 0 Å². The molecule has 2 N–H and O–H groups in total. The van der Waals surface area contributed by atoms with Crippen LogP contribution in [0, 0.1) is 11.6 Å². The SMILES string of the molecule is Cn1nccc1CCNc1ccc(C(=O)O)c(F)c1F. The third-order valence-electron chi connectivity index (χ3n) is 2.93. The van der Waals surface area contributed by atoms with Crippen molar-refractivity contribution in [1.29, 1.82) is 0 Å². The van der Waals surface area contributed by atoms with Crippen molar-refractivity contribution in [3.8, 4) is 0 Å². The van der Waals surface area contributed by atoms with Gasteiger partial charge in [0, 0.05) is 31.9 Å². The summed E-state index contributed by atoms with van der Waals surface area (Å²) in [5, 5.41) is 15.4. The van der Waals surface area contributed by atoms with E-state index in [-0.39, 0.29) is 5.69 Å². The summed E-state index contributed by atoms with van der Waals surface area (Å²) in [5.74, 6) is -4.04. The highest BCUT2D eigenvalue weighted by Crippen LogP contribution is 2.20. The van der Waals surface area contributed by atoms with Gasteiger partial charge in [0.05, 0.1) is 11.3 Å². The van der Waals surface area contributed by atoms with E-state index in [1.165, 1.54) is 6.07 Å². The van der Waals surface area contributed by atoms with E-state index >= 15 is 0 Å². The maximum atomic E-state index is 13.6. The summed E-state index contributed by atoms with van der Waals surface area (Å²) in [6.45, 7) is 0.377. The molecule has 0 aliphatic heterocycles. The molecule has 0 unspecified atom stereocenters.